The molecule has 1 aromatic heterocycles. The highest BCUT2D eigenvalue weighted by molar-refractivity contribution is 5.88. The van der Waals surface area contributed by atoms with Gasteiger partial charge in [-0.25, -0.2) is 9.78 Å². The molecule has 0 spiro atoms. The Morgan fingerprint density at radius 3 is 2.85 bits per heavy atom. The number of nitrogens with one attached hydrogen (secondary N) is 1. The number of hydrogen-bond donors (Lipinski definition) is 2. The van der Waals surface area contributed by atoms with E-state index >= 15 is 0 Å². The minimum absolute atomic E-state index is 0.00359. The Bertz CT molecular complexity index is 490. The smallest absolute Gasteiger partial charge is 0.356 e. The van der Waals surface area contributed by atoms with Crippen molar-refractivity contribution in [1.82, 2.24) is 4.98 Å². The molecule has 0 fully saturated rings. The van der Waals surface area contributed by atoms with E-state index in [1.807, 2.05) is 0 Å². The molecule has 1 rings (SSSR count). The lowest BCUT2D eigenvalue weighted by Gasteiger charge is -2.08. The summed E-state index contributed by atoms with van der Waals surface area (Å²) in [7, 11) is 1.21. The van der Waals surface area contributed by atoms with Crippen LogP contribution >= 0.6 is 0 Å². The predicted octanol–water partition coefficient (Wildman–Crippen LogP) is 1.35. The van der Waals surface area contributed by atoms with Crippen molar-refractivity contribution in [1.29, 1.82) is 0 Å². The molecule has 1 heterocycles. The topological polar surface area (TPSA) is 115 Å². The molecule has 20 heavy (non-hydrogen) atoms. The van der Waals surface area contributed by atoms with E-state index < -0.39 is 17.0 Å². The SMILES string of the molecule is COC(=O)c1ccc([N+](=O)[O-])c(NCCCC(C)O)n1. The monoisotopic (exact) mass is 283 g/mol. The van der Waals surface area contributed by atoms with Crippen LogP contribution in [0.15, 0.2) is 12.1 Å². The summed E-state index contributed by atoms with van der Waals surface area (Å²) in [6.45, 7) is 2.07. The molecule has 0 radical (unpaired) electrons. The first-order valence-corrected chi connectivity index (χ1v) is 6.11. The van der Waals surface area contributed by atoms with Crippen LogP contribution in [0.4, 0.5) is 11.5 Å². The van der Waals surface area contributed by atoms with E-state index in [1.54, 1.807) is 6.92 Å². The normalized spacial score (nSPS) is 11.8. The number of aliphatic hydroxyl groups is 1. The molecule has 0 saturated carbocycles. The van der Waals surface area contributed by atoms with Crippen LogP contribution in [0.2, 0.25) is 0 Å². The predicted molar refractivity (Wildman–Crippen MR) is 71.6 cm³/mol. The molecule has 1 unspecified atom stereocenters. The molecular weight excluding hydrogens is 266 g/mol. The van der Waals surface area contributed by atoms with Crippen molar-refractivity contribution in [3.63, 3.8) is 0 Å². The molecule has 0 aromatic carbocycles. The van der Waals surface area contributed by atoms with E-state index in [-0.39, 0.29) is 17.2 Å². The highest BCUT2D eigenvalue weighted by Gasteiger charge is 2.18. The number of nitrogens with zero attached hydrogens (tertiary/aromatic N) is 2. The van der Waals surface area contributed by atoms with E-state index in [9.17, 15) is 14.9 Å². The number of carbonyl (C=O) groups is 1. The highest BCUT2D eigenvalue weighted by atomic mass is 16.6. The second-order valence-corrected chi connectivity index (χ2v) is 4.23. The van der Waals surface area contributed by atoms with E-state index in [1.165, 1.54) is 19.2 Å². The third-order valence-corrected chi connectivity index (χ3v) is 2.56. The molecule has 2 N–H and O–H groups in total. The van der Waals surface area contributed by atoms with Gasteiger partial charge in [-0.1, -0.05) is 0 Å². The average molecular weight is 283 g/mol. The Hall–Kier alpha value is -2.22. The number of anilines is 1. The number of ether oxygens (including phenoxy) is 1. The van der Waals surface area contributed by atoms with Crippen LogP contribution in [0.25, 0.3) is 0 Å². The van der Waals surface area contributed by atoms with Crippen LogP contribution in [0.3, 0.4) is 0 Å². The first-order chi connectivity index (χ1) is 9.45. The summed E-state index contributed by atoms with van der Waals surface area (Å²) in [6.07, 6.45) is 0.761. The summed E-state index contributed by atoms with van der Waals surface area (Å²) >= 11 is 0. The second-order valence-electron chi connectivity index (χ2n) is 4.23. The molecule has 0 saturated heterocycles. The zero-order chi connectivity index (χ0) is 15.1. The summed E-state index contributed by atoms with van der Waals surface area (Å²) in [4.78, 5) is 25.5. The summed E-state index contributed by atoms with van der Waals surface area (Å²) in [5.41, 5.74) is -0.217. The van der Waals surface area contributed by atoms with Crippen molar-refractivity contribution >= 4 is 17.5 Å². The largest absolute Gasteiger partial charge is 0.464 e. The van der Waals surface area contributed by atoms with E-state index in [0.717, 1.165) is 0 Å². The Balaban J connectivity index is 2.83. The van der Waals surface area contributed by atoms with Crippen molar-refractivity contribution in [2.24, 2.45) is 0 Å². The van der Waals surface area contributed by atoms with Gasteiger partial charge in [0.25, 0.3) is 0 Å². The number of rotatable bonds is 7. The maximum Gasteiger partial charge on any atom is 0.356 e. The zero-order valence-corrected chi connectivity index (χ0v) is 11.3. The van der Waals surface area contributed by atoms with Gasteiger partial charge >= 0.3 is 11.7 Å². The Labute approximate surface area is 115 Å². The standard InChI is InChI=1S/C12H17N3O5/c1-8(16)4-3-7-13-11-10(15(18)19)6-5-9(14-11)12(17)20-2/h5-6,8,16H,3-4,7H2,1-2H3,(H,13,14). The van der Waals surface area contributed by atoms with Gasteiger partial charge in [0.1, 0.15) is 0 Å². The van der Waals surface area contributed by atoms with Gasteiger partial charge in [0.2, 0.25) is 5.82 Å². The van der Waals surface area contributed by atoms with E-state index in [0.29, 0.717) is 19.4 Å². The molecule has 0 aliphatic carbocycles. The first kappa shape index (κ1) is 15.8. The molecule has 1 aromatic rings. The second kappa shape index (κ2) is 7.39. The Morgan fingerprint density at radius 2 is 2.30 bits per heavy atom. The van der Waals surface area contributed by atoms with Crippen LogP contribution < -0.4 is 5.32 Å². The van der Waals surface area contributed by atoms with Gasteiger partial charge in [-0.05, 0) is 25.8 Å². The van der Waals surface area contributed by atoms with Crippen LogP contribution in [0.1, 0.15) is 30.3 Å². The number of methoxy groups -OCH3 is 1. The third kappa shape index (κ3) is 4.47. The van der Waals surface area contributed by atoms with Crippen molar-refractivity contribution < 1.29 is 19.6 Å². The van der Waals surface area contributed by atoms with Crippen LogP contribution in [-0.2, 0) is 4.74 Å². The van der Waals surface area contributed by atoms with Gasteiger partial charge in [-0.2, -0.15) is 0 Å². The molecule has 110 valence electrons. The molecular formula is C12H17N3O5. The van der Waals surface area contributed by atoms with Crippen molar-refractivity contribution in [3.05, 3.63) is 27.9 Å². The third-order valence-electron chi connectivity index (χ3n) is 2.56. The van der Waals surface area contributed by atoms with Gasteiger partial charge in [0.05, 0.1) is 18.1 Å². The van der Waals surface area contributed by atoms with Crippen molar-refractivity contribution in [2.45, 2.75) is 25.9 Å². The fourth-order valence-electron chi connectivity index (χ4n) is 1.55. The van der Waals surface area contributed by atoms with Crippen LogP contribution in [-0.4, -0.2) is 40.7 Å². The maximum atomic E-state index is 11.4. The molecule has 8 heteroatoms. The number of pyridine rings is 1. The van der Waals surface area contributed by atoms with Gasteiger partial charge in [-0.3, -0.25) is 10.1 Å². The minimum Gasteiger partial charge on any atom is -0.464 e. The van der Waals surface area contributed by atoms with Crippen molar-refractivity contribution in [2.75, 3.05) is 19.0 Å². The fourth-order valence-corrected chi connectivity index (χ4v) is 1.55. The van der Waals surface area contributed by atoms with Gasteiger partial charge in [-0.15, -0.1) is 0 Å². The number of nitro groups is 1. The Morgan fingerprint density at radius 1 is 1.60 bits per heavy atom. The first-order valence-electron chi connectivity index (χ1n) is 6.11. The zero-order valence-electron chi connectivity index (χ0n) is 11.3. The average Bonchev–Trinajstić information content (AvgIpc) is 2.42. The number of hydrogen-bond acceptors (Lipinski definition) is 7. The summed E-state index contributed by atoms with van der Waals surface area (Å²) in [6, 6.07) is 2.45. The number of aromatic nitrogens is 1. The summed E-state index contributed by atoms with van der Waals surface area (Å²) < 4.78 is 4.52. The quantitative estimate of drug-likeness (QED) is 0.336. The molecule has 0 aliphatic rings. The maximum absolute atomic E-state index is 11.4. The van der Waals surface area contributed by atoms with Gasteiger partial charge < -0.3 is 15.2 Å². The molecule has 1 atom stereocenters. The molecule has 0 bridgehead atoms. The van der Waals surface area contributed by atoms with E-state index in [2.05, 4.69) is 15.0 Å². The minimum atomic E-state index is -0.660. The fraction of sp³-hybridized carbons (Fsp3) is 0.500. The number of carbonyl (C=O) groups excluding carboxylic acids is 1. The lowest BCUT2D eigenvalue weighted by molar-refractivity contribution is -0.384. The molecule has 0 aliphatic heterocycles. The summed E-state index contributed by atoms with van der Waals surface area (Å²) in [5, 5.41) is 22.8. The Kier molecular flexibility index (Phi) is 5.85. The van der Waals surface area contributed by atoms with Gasteiger partial charge in [0, 0.05) is 12.6 Å². The summed E-state index contributed by atoms with van der Waals surface area (Å²) in [5.74, 6) is -0.643. The highest BCUT2D eigenvalue weighted by Crippen LogP contribution is 2.22. The van der Waals surface area contributed by atoms with Crippen LogP contribution in [0.5, 0.6) is 0 Å². The van der Waals surface area contributed by atoms with Gasteiger partial charge in [0.15, 0.2) is 5.69 Å². The van der Waals surface area contributed by atoms with Crippen LogP contribution in [0, 0.1) is 10.1 Å². The van der Waals surface area contributed by atoms with E-state index in [4.69, 9.17) is 5.11 Å². The molecule has 8 nitrogen and oxygen atoms in total. The molecule has 0 amide bonds. The van der Waals surface area contributed by atoms with Crippen molar-refractivity contribution in [3.8, 4) is 0 Å². The number of aliphatic hydroxyl groups excluding tert-OH is 1. The lowest BCUT2D eigenvalue weighted by atomic mass is 10.2. The number of esters is 1. The lowest BCUT2D eigenvalue weighted by Crippen LogP contribution is -2.12.